The summed E-state index contributed by atoms with van der Waals surface area (Å²) < 4.78 is 20.9. The second-order valence-electron chi connectivity index (χ2n) is 5.54. The van der Waals surface area contributed by atoms with Gasteiger partial charge in [-0.3, -0.25) is 4.79 Å². The van der Waals surface area contributed by atoms with Crippen molar-refractivity contribution in [3.05, 3.63) is 30.1 Å². The highest BCUT2D eigenvalue weighted by atomic mass is 32.2. The third-order valence-electron chi connectivity index (χ3n) is 3.90. The van der Waals surface area contributed by atoms with Crippen molar-refractivity contribution in [2.45, 2.75) is 17.3 Å². The Balaban J connectivity index is 1.74. The molecule has 0 saturated carbocycles. The molecule has 24 heavy (non-hydrogen) atoms. The molecule has 1 aromatic heterocycles. The van der Waals surface area contributed by atoms with E-state index in [4.69, 9.17) is 4.74 Å². The number of hydrogen-bond donors (Lipinski definition) is 0. The molecule has 1 aliphatic heterocycles. The zero-order valence-electron chi connectivity index (χ0n) is 13.6. The first-order chi connectivity index (χ1) is 11.6. The van der Waals surface area contributed by atoms with Crippen LogP contribution < -0.4 is 0 Å². The Morgan fingerprint density at radius 2 is 2.00 bits per heavy atom. The van der Waals surface area contributed by atoms with Crippen LogP contribution in [0.5, 0.6) is 0 Å². The highest BCUT2D eigenvalue weighted by molar-refractivity contribution is 8.00. The largest absolute Gasteiger partial charge is 0.378 e. The Hall–Kier alpha value is -1.93. The van der Waals surface area contributed by atoms with Crippen LogP contribution >= 0.6 is 11.8 Å². The van der Waals surface area contributed by atoms with Gasteiger partial charge in [-0.1, -0.05) is 23.9 Å². The van der Waals surface area contributed by atoms with Crippen molar-refractivity contribution in [2.75, 3.05) is 26.3 Å². The molecule has 0 N–H and O–H groups in total. The van der Waals surface area contributed by atoms with Gasteiger partial charge in [0.25, 0.3) is 0 Å². The normalized spacial score (nSPS) is 16.2. The van der Waals surface area contributed by atoms with Crippen molar-refractivity contribution in [1.82, 2.24) is 19.7 Å². The van der Waals surface area contributed by atoms with Crippen LogP contribution in [0.15, 0.2) is 29.4 Å². The number of carbonyl (C=O) groups is 1. The molecule has 0 spiro atoms. The van der Waals surface area contributed by atoms with Crippen LogP contribution in [0, 0.1) is 5.82 Å². The van der Waals surface area contributed by atoms with Crippen molar-refractivity contribution < 1.29 is 13.9 Å². The Labute approximate surface area is 144 Å². The van der Waals surface area contributed by atoms with Crippen LogP contribution in [0.2, 0.25) is 0 Å². The number of thioether (sulfide) groups is 1. The van der Waals surface area contributed by atoms with E-state index in [2.05, 4.69) is 10.2 Å². The van der Waals surface area contributed by atoms with Crippen molar-refractivity contribution in [1.29, 1.82) is 0 Å². The number of morpholine rings is 1. The fraction of sp³-hybridized carbons (Fsp3) is 0.438. The Kier molecular flexibility index (Phi) is 5.15. The van der Waals surface area contributed by atoms with E-state index in [1.54, 1.807) is 34.7 Å². The Morgan fingerprint density at radius 1 is 1.29 bits per heavy atom. The summed E-state index contributed by atoms with van der Waals surface area (Å²) in [4.78, 5) is 14.3. The summed E-state index contributed by atoms with van der Waals surface area (Å²) >= 11 is 1.33. The van der Waals surface area contributed by atoms with Crippen LogP contribution in [0.4, 0.5) is 4.39 Å². The number of rotatable bonds is 4. The lowest BCUT2D eigenvalue weighted by Crippen LogP contribution is -2.44. The molecule has 1 atom stereocenters. The van der Waals surface area contributed by atoms with Gasteiger partial charge in [0.2, 0.25) is 5.91 Å². The molecule has 0 radical (unpaired) electrons. The van der Waals surface area contributed by atoms with E-state index in [-0.39, 0.29) is 17.0 Å². The van der Waals surface area contributed by atoms with Crippen molar-refractivity contribution in [3.63, 3.8) is 0 Å². The van der Waals surface area contributed by atoms with E-state index in [0.717, 1.165) is 0 Å². The van der Waals surface area contributed by atoms with E-state index >= 15 is 0 Å². The lowest BCUT2D eigenvalue weighted by Gasteiger charge is -2.28. The standard InChI is InChI=1S/C16H19FN4O2S/c1-11(15(22)21-7-9-23-10-8-21)24-16-19-18-14(20(16)2)12-5-3-4-6-13(12)17/h3-6,11H,7-10H2,1-2H3. The number of halogens is 1. The van der Waals surface area contributed by atoms with Crippen LogP contribution in [0.1, 0.15) is 6.92 Å². The fourth-order valence-electron chi connectivity index (χ4n) is 2.54. The topological polar surface area (TPSA) is 60.2 Å². The Morgan fingerprint density at radius 3 is 2.71 bits per heavy atom. The van der Waals surface area contributed by atoms with Gasteiger partial charge in [0, 0.05) is 20.1 Å². The van der Waals surface area contributed by atoms with E-state index in [9.17, 15) is 9.18 Å². The zero-order valence-corrected chi connectivity index (χ0v) is 14.4. The van der Waals surface area contributed by atoms with Crippen molar-refractivity contribution >= 4 is 17.7 Å². The number of ether oxygens (including phenoxy) is 1. The summed E-state index contributed by atoms with van der Waals surface area (Å²) in [6.07, 6.45) is 0. The summed E-state index contributed by atoms with van der Waals surface area (Å²) in [7, 11) is 1.77. The molecule has 1 amide bonds. The molecule has 1 unspecified atom stereocenters. The van der Waals surface area contributed by atoms with Gasteiger partial charge in [-0.05, 0) is 19.1 Å². The van der Waals surface area contributed by atoms with Gasteiger partial charge in [-0.25, -0.2) is 4.39 Å². The number of aromatic nitrogens is 3. The van der Waals surface area contributed by atoms with Gasteiger partial charge in [0.05, 0.1) is 24.0 Å². The smallest absolute Gasteiger partial charge is 0.236 e. The molecule has 1 fully saturated rings. The van der Waals surface area contributed by atoms with Crippen LogP contribution in [0.25, 0.3) is 11.4 Å². The van der Waals surface area contributed by atoms with E-state index in [1.165, 1.54) is 17.8 Å². The first-order valence-electron chi connectivity index (χ1n) is 7.75. The predicted octanol–water partition coefficient (Wildman–Crippen LogP) is 1.96. The maximum atomic E-state index is 13.9. The van der Waals surface area contributed by atoms with Crippen LogP contribution in [-0.4, -0.2) is 57.1 Å². The van der Waals surface area contributed by atoms with Crippen molar-refractivity contribution in [3.8, 4) is 11.4 Å². The van der Waals surface area contributed by atoms with E-state index in [0.29, 0.717) is 42.8 Å². The lowest BCUT2D eigenvalue weighted by molar-refractivity contribution is -0.134. The molecule has 1 aromatic carbocycles. The number of hydrogen-bond acceptors (Lipinski definition) is 5. The van der Waals surface area contributed by atoms with Gasteiger partial charge in [-0.15, -0.1) is 10.2 Å². The van der Waals surface area contributed by atoms with Gasteiger partial charge in [0.15, 0.2) is 11.0 Å². The van der Waals surface area contributed by atoms with E-state index < -0.39 is 0 Å². The molecule has 2 aromatic rings. The molecule has 1 saturated heterocycles. The minimum absolute atomic E-state index is 0.0544. The lowest BCUT2D eigenvalue weighted by atomic mass is 10.2. The van der Waals surface area contributed by atoms with Gasteiger partial charge >= 0.3 is 0 Å². The molecule has 128 valence electrons. The molecular formula is C16H19FN4O2S. The van der Waals surface area contributed by atoms with Crippen LogP contribution in [0.3, 0.4) is 0 Å². The maximum absolute atomic E-state index is 13.9. The van der Waals surface area contributed by atoms with Gasteiger partial charge in [-0.2, -0.15) is 0 Å². The second kappa shape index (κ2) is 7.31. The minimum atomic E-state index is -0.345. The number of amides is 1. The molecule has 2 heterocycles. The number of benzene rings is 1. The third kappa shape index (κ3) is 3.44. The fourth-order valence-corrected chi connectivity index (χ4v) is 3.44. The van der Waals surface area contributed by atoms with Crippen molar-refractivity contribution in [2.24, 2.45) is 7.05 Å². The Bertz CT molecular complexity index is 731. The summed E-state index contributed by atoms with van der Waals surface area (Å²) in [6, 6.07) is 6.44. The van der Waals surface area contributed by atoms with E-state index in [1.807, 2.05) is 6.92 Å². The SMILES string of the molecule is CC(Sc1nnc(-c2ccccc2F)n1C)C(=O)N1CCOCC1. The number of nitrogens with zero attached hydrogens (tertiary/aromatic N) is 4. The maximum Gasteiger partial charge on any atom is 0.236 e. The quantitative estimate of drug-likeness (QED) is 0.789. The number of carbonyl (C=O) groups excluding carboxylic acids is 1. The molecule has 1 aliphatic rings. The molecule has 6 nitrogen and oxygen atoms in total. The molecular weight excluding hydrogens is 331 g/mol. The molecule has 3 rings (SSSR count). The van der Waals surface area contributed by atoms with Gasteiger partial charge in [0.1, 0.15) is 5.82 Å². The summed E-state index contributed by atoms with van der Waals surface area (Å²) in [5.74, 6) is 0.155. The monoisotopic (exact) mass is 350 g/mol. The predicted molar refractivity (Wildman–Crippen MR) is 89.1 cm³/mol. The summed E-state index contributed by atoms with van der Waals surface area (Å²) in [5, 5.41) is 8.49. The summed E-state index contributed by atoms with van der Waals surface area (Å²) in [6.45, 7) is 4.22. The first-order valence-corrected chi connectivity index (χ1v) is 8.63. The average Bonchev–Trinajstić information content (AvgIpc) is 2.96. The summed E-state index contributed by atoms with van der Waals surface area (Å²) in [5.41, 5.74) is 0.395. The zero-order chi connectivity index (χ0) is 17.1. The highest BCUT2D eigenvalue weighted by Gasteiger charge is 2.25. The molecule has 0 bridgehead atoms. The highest BCUT2D eigenvalue weighted by Crippen LogP contribution is 2.27. The average molecular weight is 350 g/mol. The third-order valence-corrected chi connectivity index (χ3v) is 5.02. The second-order valence-corrected chi connectivity index (χ2v) is 6.85. The van der Waals surface area contributed by atoms with Gasteiger partial charge < -0.3 is 14.2 Å². The molecule has 8 heteroatoms. The van der Waals surface area contributed by atoms with Crippen LogP contribution in [-0.2, 0) is 16.6 Å². The minimum Gasteiger partial charge on any atom is -0.378 e. The first kappa shape index (κ1) is 16.9. The molecule has 0 aliphatic carbocycles.